The van der Waals surface area contributed by atoms with Crippen LogP contribution in [-0.2, 0) is 26.2 Å². The standard InChI is InChI=1S/C17H18FN3O4S.C2H2O4/c18-15-3-7-17(8-4-15)26(24,25)20-11-9-19(10-12-20)13-14-1-5-16(6-2-14)21(22)23;3-1(4)2(5)6/h1-8H,9-13H2;(H,3,4)(H,5,6). The van der Waals surface area contributed by atoms with Crippen molar-refractivity contribution in [3.63, 3.8) is 0 Å². The predicted molar refractivity (Wildman–Crippen MR) is 109 cm³/mol. The zero-order chi connectivity index (χ0) is 23.9. The van der Waals surface area contributed by atoms with Crippen molar-refractivity contribution in [2.75, 3.05) is 26.2 Å². The fourth-order valence-electron chi connectivity index (χ4n) is 2.86. The van der Waals surface area contributed by atoms with Gasteiger partial charge in [0.2, 0.25) is 10.0 Å². The number of hydrogen-bond acceptors (Lipinski definition) is 7. The fourth-order valence-corrected chi connectivity index (χ4v) is 4.29. The predicted octanol–water partition coefficient (Wildman–Crippen LogP) is 1.40. The number of carbonyl (C=O) groups is 2. The third-order valence-electron chi connectivity index (χ3n) is 4.52. The maximum Gasteiger partial charge on any atom is 0.414 e. The van der Waals surface area contributed by atoms with Crippen LogP contribution in [0.25, 0.3) is 0 Å². The van der Waals surface area contributed by atoms with Crippen LogP contribution in [0, 0.1) is 15.9 Å². The number of aliphatic carboxylic acids is 2. The third kappa shape index (κ3) is 6.80. The first-order valence-electron chi connectivity index (χ1n) is 9.18. The number of rotatable bonds is 5. The van der Waals surface area contributed by atoms with Gasteiger partial charge in [0.15, 0.2) is 0 Å². The van der Waals surface area contributed by atoms with Crippen LogP contribution in [0.1, 0.15) is 5.56 Å². The second-order valence-corrected chi connectivity index (χ2v) is 8.61. The van der Waals surface area contributed by atoms with Crippen LogP contribution in [0.3, 0.4) is 0 Å². The highest BCUT2D eigenvalue weighted by Crippen LogP contribution is 2.19. The van der Waals surface area contributed by atoms with Gasteiger partial charge in [0, 0.05) is 44.9 Å². The Morgan fingerprint density at radius 1 is 0.938 bits per heavy atom. The summed E-state index contributed by atoms with van der Waals surface area (Å²) in [6, 6.07) is 11.2. The number of carboxylic acids is 2. The number of benzene rings is 2. The molecule has 0 amide bonds. The number of piperazine rings is 1. The van der Waals surface area contributed by atoms with Crippen molar-refractivity contribution < 1.29 is 37.5 Å². The molecule has 0 aromatic heterocycles. The van der Waals surface area contributed by atoms with E-state index in [-0.39, 0.29) is 10.6 Å². The zero-order valence-electron chi connectivity index (χ0n) is 16.6. The molecule has 2 aromatic carbocycles. The molecule has 2 aromatic rings. The highest BCUT2D eigenvalue weighted by molar-refractivity contribution is 7.89. The molecule has 172 valence electrons. The smallest absolute Gasteiger partial charge is 0.414 e. The summed E-state index contributed by atoms with van der Waals surface area (Å²) in [6.45, 7) is 2.39. The van der Waals surface area contributed by atoms with Gasteiger partial charge in [-0.15, -0.1) is 0 Å². The van der Waals surface area contributed by atoms with Crippen LogP contribution in [0.5, 0.6) is 0 Å². The van der Waals surface area contributed by atoms with E-state index in [1.807, 2.05) is 0 Å². The molecule has 1 aliphatic rings. The van der Waals surface area contributed by atoms with E-state index < -0.39 is 32.7 Å². The van der Waals surface area contributed by atoms with Crippen molar-refractivity contribution in [1.29, 1.82) is 0 Å². The van der Waals surface area contributed by atoms with Crippen LogP contribution in [0.2, 0.25) is 0 Å². The first-order chi connectivity index (χ1) is 15.0. The minimum atomic E-state index is -3.63. The third-order valence-corrected chi connectivity index (χ3v) is 6.43. The highest BCUT2D eigenvalue weighted by Gasteiger charge is 2.28. The Hall–Kier alpha value is -3.42. The number of nitrogens with zero attached hydrogens (tertiary/aromatic N) is 3. The molecule has 0 radical (unpaired) electrons. The fraction of sp³-hybridized carbons (Fsp3) is 0.263. The Labute approximate surface area is 182 Å². The van der Waals surface area contributed by atoms with Gasteiger partial charge in [0.1, 0.15) is 5.82 Å². The lowest BCUT2D eigenvalue weighted by Gasteiger charge is -2.34. The van der Waals surface area contributed by atoms with Crippen molar-refractivity contribution >= 4 is 27.6 Å². The Morgan fingerprint density at radius 2 is 1.44 bits per heavy atom. The molecule has 0 unspecified atom stereocenters. The molecule has 1 fully saturated rings. The Bertz CT molecular complexity index is 1050. The molecule has 11 nitrogen and oxygen atoms in total. The number of carboxylic acid groups (broad SMARTS) is 2. The summed E-state index contributed by atoms with van der Waals surface area (Å²) in [5.41, 5.74) is 0.981. The maximum atomic E-state index is 13.0. The second-order valence-electron chi connectivity index (χ2n) is 6.67. The lowest BCUT2D eigenvalue weighted by Crippen LogP contribution is -2.48. The molecule has 0 atom stereocenters. The van der Waals surface area contributed by atoms with Gasteiger partial charge in [-0.3, -0.25) is 15.0 Å². The molecule has 0 aliphatic carbocycles. The van der Waals surface area contributed by atoms with E-state index in [4.69, 9.17) is 19.8 Å². The average Bonchev–Trinajstić information content (AvgIpc) is 2.75. The molecule has 3 rings (SSSR count). The Morgan fingerprint density at radius 3 is 1.88 bits per heavy atom. The summed E-state index contributed by atoms with van der Waals surface area (Å²) >= 11 is 0. The van der Waals surface area contributed by atoms with E-state index in [9.17, 15) is 22.9 Å². The number of nitro benzene ring substituents is 1. The van der Waals surface area contributed by atoms with Crippen molar-refractivity contribution in [2.24, 2.45) is 0 Å². The summed E-state index contributed by atoms with van der Waals surface area (Å²) in [5.74, 6) is -4.12. The topological polar surface area (TPSA) is 158 Å². The van der Waals surface area contributed by atoms with Crippen LogP contribution in [0.15, 0.2) is 53.4 Å². The van der Waals surface area contributed by atoms with Gasteiger partial charge in [0.25, 0.3) is 5.69 Å². The first-order valence-corrected chi connectivity index (χ1v) is 10.6. The number of halogens is 1. The zero-order valence-corrected chi connectivity index (χ0v) is 17.4. The van der Waals surface area contributed by atoms with E-state index in [1.165, 1.54) is 28.6 Å². The summed E-state index contributed by atoms with van der Waals surface area (Å²) in [7, 11) is -3.63. The number of sulfonamides is 1. The molecule has 1 saturated heterocycles. The van der Waals surface area contributed by atoms with Crippen LogP contribution in [0.4, 0.5) is 10.1 Å². The van der Waals surface area contributed by atoms with E-state index in [0.717, 1.165) is 17.7 Å². The van der Waals surface area contributed by atoms with Gasteiger partial charge in [0.05, 0.1) is 9.82 Å². The number of hydrogen-bond donors (Lipinski definition) is 2. The number of non-ortho nitro benzene ring substituents is 1. The van der Waals surface area contributed by atoms with Crippen molar-refractivity contribution in [2.45, 2.75) is 11.4 Å². The lowest BCUT2D eigenvalue weighted by atomic mass is 10.2. The molecule has 0 saturated carbocycles. The summed E-state index contributed by atoms with van der Waals surface area (Å²) in [6.07, 6.45) is 0. The molecule has 1 aliphatic heterocycles. The summed E-state index contributed by atoms with van der Waals surface area (Å²) < 4.78 is 39.6. The van der Waals surface area contributed by atoms with Gasteiger partial charge in [-0.25, -0.2) is 22.4 Å². The molecule has 0 spiro atoms. The van der Waals surface area contributed by atoms with E-state index in [2.05, 4.69) is 4.90 Å². The molecular formula is C19H20FN3O8S. The van der Waals surface area contributed by atoms with Gasteiger partial charge in [-0.2, -0.15) is 4.31 Å². The SMILES string of the molecule is O=C(O)C(=O)O.O=[N+]([O-])c1ccc(CN2CCN(S(=O)(=O)c3ccc(F)cc3)CC2)cc1. The van der Waals surface area contributed by atoms with Crippen LogP contribution in [-0.4, -0.2) is 70.9 Å². The summed E-state index contributed by atoms with van der Waals surface area (Å²) in [4.78, 5) is 30.6. The molecule has 13 heteroatoms. The summed E-state index contributed by atoms with van der Waals surface area (Å²) in [5, 5.41) is 25.5. The van der Waals surface area contributed by atoms with E-state index in [0.29, 0.717) is 32.7 Å². The minimum Gasteiger partial charge on any atom is -0.473 e. The molecule has 2 N–H and O–H groups in total. The molecular weight excluding hydrogens is 449 g/mol. The van der Waals surface area contributed by atoms with Gasteiger partial charge in [-0.05, 0) is 29.8 Å². The quantitative estimate of drug-likeness (QED) is 0.375. The van der Waals surface area contributed by atoms with Crippen molar-refractivity contribution in [3.8, 4) is 0 Å². The van der Waals surface area contributed by atoms with E-state index >= 15 is 0 Å². The van der Waals surface area contributed by atoms with Gasteiger partial charge >= 0.3 is 11.9 Å². The maximum absolute atomic E-state index is 13.0. The van der Waals surface area contributed by atoms with Crippen LogP contribution >= 0.6 is 0 Å². The largest absolute Gasteiger partial charge is 0.473 e. The van der Waals surface area contributed by atoms with Gasteiger partial charge < -0.3 is 10.2 Å². The first kappa shape index (κ1) is 24.8. The normalized spacial score (nSPS) is 14.8. The molecule has 0 bridgehead atoms. The average molecular weight is 469 g/mol. The van der Waals surface area contributed by atoms with Crippen molar-refractivity contribution in [3.05, 3.63) is 70.0 Å². The van der Waals surface area contributed by atoms with E-state index in [1.54, 1.807) is 12.1 Å². The van der Waals surface area contributed by atoms with Crippen molar-refractivity contribution in [1.82, 2.24) is 9.21 Å². The van der Waals surface area contributed by atoms with Crippen LogP contribution < -0.4 is 0 Å². The van der Waals surface area contributed by atoms with Gasteiger partial charge in [-0.1, -0.05) is 12.1 Å². The minimum absolute atomic E-state index is 0.0453. The highest BCUT2D eigenvalue weighted by atomic mass is 32.2. The molecule has 1 heterocycles. The Balaban J connectivity index is 0.000000534. The number of nitro groups is 1. The monoisotopic (exact) mass is 469 g/mol. The lowest BCUT2D eigenvalue weighted by molar-refractivity contribution is -0.384. The molecule has 32 heavy (non-hydrogen) atoms. The Kier molecular flexibility index (Phi) is 8.34. The second kappa shape index (κ2) is 10.7.